The van der Waals surface area contributed by atoms with Crippen molar-refractivity contribution in [3.63, 3.8) is 0 Å². The van der Waals surface area contributed by atoms with Gasteiger partial charge in [-0.3, -0.25) is 4.79 Å². The Hall–Kier alpha value is -1.52. The fourth-order valence-electron chi connectivity index (χ4n) is 5.37. The van der Waals surface area contributed by atoms with Crippen LogP contribution in [0.3, 0.4) is 0 Å². The molecule has 0 aromatic heterocycles. The van der Waals surface area contributed by atoms with Crippen molar-refractivity contribution in [1.29, 1.82) is 0 Å². The average molecular weight is 425 g/mol. The SMILES string of the molecule is CCCC1CCC(C(=O)Oc2ccc(C3CCC(CC)CC3)c(F)c2C(F)F)CC1. The number of rotatable bonds is 7. The molecular formula is C25H35F3O2. The molecule has 0 bridgehead atoms. The number of ether oxygens (including phenoxy) is 1. The van der Waals surface area contributed by atoms with Crippen molar-refractivity contribution in [2.24, 2.45) is 17.8 Å². The first-order valence-corrected chi connectivity index (χ1v) is 11.8. The number of alkyl halides is 2. The Morgan fingerprint density at radius 2 is 1.63 bits per heavy atom. The van der Waals surface area contributed by atoms with Gasteiger partial charge < -0.3 is 4.74 Å². The minimum absolute atomic E-state index is 0.0381. The zero-order chi connectivity index (χ0) is 21.7. The molecule has 1 aromatic carbocycles. The van der Waals surface area contributed by atoms with Gasteiger partial charge in [-0.25, -0.2) is 13.2 Å². The molecule has 0 spiro atoms. The van der Waals surface area contributed by atoms with Gasteiger partial charge in [0.15, 0.2) is 0 Å². The molecular weight excluding hydrogens is 389 g/mol. The van der Waals surface area contributed by atoms with Crippen LogP contribution in [0, 0.1) is 23.6 Å². The van der Waals surface area contributed by atoms with E-state index in [0.717, 1.165) is 70.6 Å². The zero-order valence-electron chi connectivity index (χ0n) is 18.3. The second-order valence-electron chi connectivity index (χ2n) is 9.23. The average Bonchev–Trinajstić information content (AvgIpc) is 2.74. The summed E-state index contributed by atoms with van der Waals surface area (Å²) in [6.45, 7) is 4.31. The summed E-state index contributed by atoms with van der Waals surface area (Å²) in [5.74, 6) is -0.736. The maximum atomic E-state index is 15.1. The first-order chi connectivity index (χ1) is 14.4. The summed E-state index contributed by atoms with van der Waals surface area (Å²) in [5, 5.41) is 0. The summed E-state index contributed by atoms with van der Waals surface area (Å²) in [4.78, 5) is 12.6. The molecule has 30 heavy (non-hydrogen) atoms. The van der Waals surface area contributed by atoms with E-state index in [0.29, 0.717) is 17.4 Å². The number of benzene rings is 1. The lowest BCUT2D eigenvalue weighted by Gasteiger charge is -2.29. The molecule has 2 aliphatic rings. The maximum Gasteiger partial charge on any atom is 0.314 e. The third-order valence-corrected chi connectivity index (χ3v) is 7.34. The highest BCUT2D eigenvalue weighted by Gasteiger charge is 2.32. The van der Waals surface area contributed by atoms with Gasteiger partial charge in [0.25, 0.3) is 6.43 Å². The van der Waals surface area contributed by atoms with Crippen LogP contribution in [0.15, 0.2) is 12.1 Å². The highest BCUT2D eigenvalue weighted by molar-refractivity contribution is 5.75. The molecule has 0 heterocycles. The first kappa shape index (κ1) is 23.1. The van der Waals surface area contributed by atoms with Crippen molar-refractivity contribution >= 4 is 5.97 Å². The number of halogens is 3. The Morgan fingerprint density at radius 1 is 1.00 bits per heavy atom. The van der Waals surface area contributed by atoms with E-state index in [2.05, 4.69) is 13.8 Å². The predicted molar refractivity (Wildman–Crippen MR) is 112 cm³/mol. The van der Waals surface area contributed by atoms with Gasteiger partial charge >= 0.3 is 5.97 Å². The monoisotopic (exact) mass is 424 g/mol. The van der Waals surface area contributed by atoms with Crippen LogP contribution < -0.4 is 4.74 Å². The molecule has 1 aromatic rings. The largest absolute Gasteiger partial charge is 0.426 e. The van der Waals surface area contributed by atoms with Crippen LogP contribution in [0.25, 0.3) is 0 Å². The zero-order valence-corrected chi connectivity index (χ0v) is 18.3. The Kier molecular flexibility index (Phi) is 8.24. The van der Waals surface area contributed by atoms with E-state index >= 15 is 4.39 Å². The van der Waals surface area contributed by atoms with Crippen molar-refractivity contribution in [1.82, 2.24) is 0 Å². The maximum absolute atomic E-state index is 15.1. The van der Waals surface area contributed by atoms with E-state index in [1.165, 1.54) is 6.07 Å². The van der Waals surface area contributed by atoms with Gasteiger partial charge in [0.1, 0.15) is 11.6 Å². The van der Waals surface area contributed by atoms with Crippen LogP contribution in [0.4, 0.5) is 13.2 Å². The van der Waals surface area contributed by atoms with Gasteiger partial charge in [-0.1, -0.05) is 39.2 Å². The van der Waals surface area contributed by atoms with Crippen molar-refractivity contribution in [2.45, 2.75) is 96.8 Å². The minimum atomic E-state index is -3.01. The minimum Gasteiger partial charge on any atom is -0.426 e. The lowest BCUT2D eigenvalue weighted by atomic mass is 9.77. The smallest absolute Gasteiger partial charge is 0.314 e. The lowest BCUT2D eigenvalue weighted by molar-refractivity contribution is -0.140. The van der Waals surface area contributed by atoms with Gasteiger partial charge in [0.05, 0.1) is 11.5 Å². The Balaban J connectivity index is 1.71. The van der Waals surface area contributed by atoms with Crippen LogP contribution in [0.1, 0.15) is 108 Å². The summed E-state index contributed by atoms with van der Waals surface area (Å²) < 4.78 is 47.9. The van der Waals surface area contributed by atoms with Gasteiger partial charge in [0, 0.05) is 0 Å². The molecule has 0 atom stereocenters. The molecule has 0 aliphatic heterocycles. The molecule has 5 heteroatoms. The third-order valence-electron chi connectivity index (χ3n) is 7.34. The molecule has 0 amide bonds. The Bertz CT molecular complexity index is 703. The summed E-state index contributed by atoms with van der Waals surface area (Å²) in [7, 11) is 0. The van der Waals surface area contributed by atoms with E-state index in [9.17, 15) is 13.6 Å². The molecule has 0 N–H and O–H groups in total. The third kappa shape index (κ3) is 5.39. The van der Waals surface area contributed by atoms with Crippen LogP contribution in [-0.2, 0) is 4.79 Å². The molecule has 0 unspecified atom stereocenters. The van der Waals surface area contributed by atoms with Gasteiger partial charge in [-0.2, -0.15) is 0 Å². The molecule has 0 saturated heterocycles. The van der Waals surface area contributed by atoms with Crippen molar-refractivity contribution in [3.05, 3.63) is 29.1 Å². The second-order valence-corrected chi connectivity index (χ2v) is 9.23. The first-order valence-electron chi connectivity index (χ1n) is 11.8. The topological polar surface area (TPSA) is 26.3 Å². The van der Waals surface area contributed by atoms with Crippen LogP contribution in [0.5, 0.6) is 5.75 Å². The van der Waals surface area contributed by atoms with Crippen LogP contribution >= 0.6 is 0 Å². The second kappa shape index (κ2) is 10.7. The number of esters is 1. The van der Waals surface area contributed by atoms with E-state index in [4.69, 9.17) is 4.74 Å². The van der Waals surface area contributed by atoms with Crippen LogP contribution in [0.2, 0.25) is 0 Å². The van der Waals surface area contributed by atoms with E-state index in [1.807, 2.05) is 0 Å². The molecule has 2 saturated carbocycles. The van der Waals surface area contributed by atoms with Crippen LogP contribution in [-0.4, -0.2) is 5.97 Å². The Labute approximate surface area is 178 Å². The van der Waals surface area contributed by atoms with E-state index < -0.39 is 23.8 Å². The number of hydrogen-bond acceptors (Lipinski definition) is 2. The summed E-state index contributed by atoms with van der Waals surface area (Å²) in [6.07, 6.45) is 7.37. The highest BCUT2D eigenvalue weighted by atomic mass is 19.3. The number of carbonyl (C=O) groups excluding carboxylic acids is 1. The van der Waals surface area contributed by atoms with Gasteiger partial charge in [-0.15, -0.1) is 0 Å². The normalized spacial score (nSPS) is 27.3. The summed E-state index contributed by atoms with van der Waals surface area (Å²) in [6, 6.07) is 2.94. The quantitative estimate of drug-likeness (QED) is 0.328. The van der Waals surface area contributed by atoms with Crippen molar-refractivity contribution < 1.29 is 22.7 Å². The van der Waals surface area contributed by atoms with E-state index in [1.54, 1.807) is 6.07 Å². The molecule has 2 aliphatic carbocycles. The molecule has 2 fully saturated rings. The molecule has 168 valence electrons. The fraction of sp³-hybridized carbons (Fsp3) is 0.720. The van der Waals surface area contributed by atoms with Crippen molar-refractivity contribution in [3.8, 4) is 5.75 Å². The number of carbonyl (C=O) groups is 1. The van der Waals surface area contributed by atoms with Gasteiger partial charge in [-0.05, 0) is 80.8 Å². The summed E-state index contributed by atoms with van der Waals surface area (Å²) in [5.41, 5.74) is -0.405. The number of hydrogen-bond donors (Lipinski definition) is 0. The standard InChI is InChI=1S/C25H35F3O2/c1-3-5-17-8-12-19(13-9-17)25(29)30-21-15-14-20(23(26)22(21)24(27)28)18-10-6-16(4-2)7-11-18/h14-19,24H,3-13H2,1-2H3. The Morgan fingerprint density at radius 3 is 2.20 bits per heavy atom. The highest BCUT2D eigenvalue weighted by Crippen LogP contribution is 2.42. The van der Waals surface area contributed by atoms with E-state index in [-0.39, 0.29) is 17.6 Å². The predicted octanol–water partition coefficient (Wildman–Crippen LogP) is 7.96. The lowest BCUT2D eigenvalue weighted by Crippen LogP contribution is -2.26. The van der Waals surface area contributed by atoms with Crippen molar-refractivity contribution in [2.75, 3.05) is 0 Å². The molecule has 0 radical (unpaired) electrons. The molecule has 2 nitrogen and oxygen atoms in total. The summed E-state index contributed by atoms with van der Waals surface area (Å²) >= 11 is 0. The van der Waals surface area contributed by atoms with Gasteiger partial charge in [0.2, 0.25) is 0 Å². The fourth-order valence-corrected chi connectivity index (χ4v) is 5.37. The molecule has 3 rings (SSSR count).